The zero-order chi connectivity index (χ0) is 14.6. The minimum atomic E-state index is -3.50. The van der Waals surface area contributed by atoms with Gasteiger partial charge in [0.25, 0.3) is 0 Å². The van der Waals surface area contributed by atoms with Gasteiger partial charge in [0.1, 0.15) is 0 Å². The molecule has 0 aromatic heterocycles. The molecule has 1 aliphatic rings. The van der Waals surface area contributed by atoms with E-state index >= 15 is 0 Å². The van der Waals surface area contributed by atoms with Crippen LogP contribution in [0.5, 0.6) is 0 Å². The van der Waals surface area contributed by atoms with E-state index in [1.807, 2.05) is 0 Å². The molecule has 1 fully saturated rings. The molecule has 7 heteroatoms. The van der Waals surface area contributed by atoms with Crippen molar-refractivity contribution in [3.8, 4) is 0 Å². The Bertz CT molecular complexity index is 557. The van der Waals surface area contributed by atoms with Crippen LogP contribution in [0.3, 0.4) is 0 Å². The third-order valence-corrected chi connectivity index (χ3v) is 5.22. The first-order chi connectivity index (χ1) is 9.49. The molecule has 1 aromatic rings. The van der Waals surface area contributed by atoms with Gasteiger partial charge < -0.3 is 10.6 Å². The maximum absolute atomic E-state index is 12.1. The van der Waals surface area contributed by atoms with E-state index in [-0.39, 0.29) is 10.6 Å². The van der Waals surface area contributed by atoms with Crippen LogP contribution in [-0.4, -0.2) is 39.5 Å². The lowest BCUT2D eigenvalue weighted by molar-refractivity contribution is 0.334. The number of rotatable bonds is 6. The third kappa shape index (κ3) is 4.09. The monoisotopic (exact) mass is 317 g/mol. The molecule has 112 valence electrons. The number of nitrogens with one attached hydrogen (secondary N) is 1. The molecule has 0 atom stereocenters. The number of hydrogen-bond donors (Lipinski definition) is 2. The van der Waals surface area contributed by atoms with Crippen LogP contribution in [0.1, 0.15) is 19.3 Å². The standard InChI is InChI=1S/C13H20ClN3O2S/c14-12-5-4-11(10-13(12)15)20(18,19)16-6-3-9-17-7-1-2-8-17/h4-5,10,16H,1-3,6-9,15H2. The molecule has 1 aliphatic heterocycles. The average Bonchev–Trinajstić information content (AvgIpc) is 2.91. The molecule has 0 aliphatic carbocycles. The summed E-state index contributed by atoms with van der Waals surface area (Å²) in [6, 6.07) is 4.34. The van der Waals surface area contributed by atoms with Gasteiger partial charge in [0.2, 0.25) is 10.0 Å². The van der Waals surface area contributed by atoms with E-state index in [1.54, 1.807) is 0 Å². The largest absolute Gasteiger partial charge is 0.397 e. The summed E-state index contributed by atoms with van der Waals surface area (Å²) in [4.78, 5) is 2.51. The number of nitrogen functional groups attached to an aromatic ring is 1. The second kappa shape index (κ2) is 6.76. The summed E-state index contributed by atoms with van der Waals surface area (Å²) in [6.45, 7) is 3.62. The molecule has 1 aromatic carbocycles. The molecule has 5 nitrogen and oxygen atoms in total. The minimum absolute atomic E-state index is 0.153. The smallest absolute Gasteiger partial charge is 0.240 e. The second-order valence-electron chi connectivity index (χ2n) is 4.98. The number of sulfonamides is 1. The summed E-state index contributed by atoms with van der Waals surface area (Å²) in [5.41, 5.74) is 5.89. The van der Waals surface area contributed by atoms with E-state index in [0.717, 1.165) is 26.1 Å². The Morgan fingerprint density at radius 3 is 2.65 bits per heavy atom. The molecule has 1 saturated heterocycles. The SMILES string of the molecule is Nc1cc(S(=O)(=O)NCCCN2CCCC2)ccc1Cl. The highest BCUT2D eigenvalue weighted by Crippen LogP contribution is 2.22. The Balaban J connectivity index is 1.85. The highest BCUT2D eigenvalue weighted by atomic mass is 35.5. The van der Waals surface area contributed by atoms with Crippen molar-refractivity contribution >= 4 is 27.3 Å². The van der Waals surface area contributed by atoms with Gasteiger partial charge in [0, 0.05) is 6.54 Å². The summed E-state index contributed by atoms with van der Waals surface area (Å²) in [5, 5.41) is 0.359. The molecule has 0 radical (unpaired) electrons. The van der Waals surface area contributed by atoms with Crippen LogP contribution < -0.4 is 10.5 Å². The first-order valence-corrected chi connectivity index (χ1v) is 8.62. The third-order valence-electron chi connectivity index (χ3n) is 3.42. The molecule has 0 spiro atoms. The first kappa shape index (κ1) is 15.6. The van der Waals surface area contributed by atoms with Crippen molar-refractivity contribution in [1.82, 2.24) is 9.62 Å². The summed E-state index contributed by atoms with van der Waals surface area (Å²) in [5.74, 6) is 0. The van der Waals surface area contributed by atoms with Crippen molar-refractivity contribution in [1.29, 1.82) is 0 Å². The van der Waals surface area contributed by atoms with Crippen molar-refractivity contribution in [3.05, 3.63) is 23.2 Å². The van der Waals surface area contributed by atoms with Gasteiger partial charge in [0.15, 0.2) is 0 Å². The molecule has 2 rings (SSSR count). The lowest BCUT2D eigenvalue weighted by atomic mass is 10.3. The number of hydrogen-bond acceptors (Lipinski definition) is 4. The number of likely N-dealkylation sites (tertiary alicyclic amines) is 1. The van der Waals surface area contributed by atoms with E-state index in [9.17, 15) is 8.42 Å². The Hall–Kier alpha value is -0.820. The molecule has 0 unspecified atom stereocenters. The van der Waals surface area contributed by atoms with Gasteiger partial charge in [-0.15, -0.1) is 0 Å². The molecule has 20 heavy (non-hydrogen) atoms. The molecule has 1 heterocycles. The zero-order valence-corrected chi connectivity index (χ0v) is 12.9. The van der Waals surface area contributed by atoms with Crippen molar-refractivity contribution in [2.24, 2.45) is 0 Å². The van der Waals surface area contributed by atoms with Crippen LogP contribution in [0, 0.1) is 0 Å². The van der Waals surface area contributed by atoms with Crippen LogP contribution in [0.15, 0.2) is 23.1 Å². The quantitative estimate of drug-likeness (QED) is 0.618. The molecule has 3 N–H and O–H groups in total. The molecular formula is C13H20ClN3O2S. The Morgan fingerprint density at radius 1 is 1.30 bits per heavy atom. The number of halogens is 1. The minimum Gasteiger partial charge on any atom is -0.397 e. The van der Waals surface area contributed by atoms with E-state index in [4.69, 9.17) is 17.3 Å². The fraction of sp³-hybridized carbons (Fsp3) is 0.538. The predicted octanol–water partition coefficient (Wildman–Crippen LogP) is 1.69. The van der Waals surface area contributed by atoms with E-state index in [2.05, 4.69) is 9.62 Å². The van der Waals surface area contributed by atoms with Gasteiger partial charge in [-0.2, -0.15) is 0 Å². The van der Waals surface area contributed by atoms with Gasteiger partial charge in [-0.1, -0.05) is 11.6 Å². The number of nitrogens with two attached hydrogens (primary N) is 1. The highest BCUT2D eigenvalue weighted by Gasteiger charge is 2.15. The summed E-state index contributed by atoms with van der Waals surface area (Å²) >= 11 is 5.78. The molecule has 0 bridgehead atoms. The van der Waals surface area contributed by atoms with E-state index in [1.165, 1.54) is 31.0 Å². The maximum atomic E-state index is 12.1. The van der Waals surface area contributed by atoms with Crippen molar-refractivity contribution in [2.45, 2.75) is 24.2 Å². The zero-order valence-electron chi connectivity index (χ0n) is 11.3. The molecule has 0 saturated carbocycles. The van der Waals surface area contributed by atoms with Crippen LogP contribution in [0.25, 0.3) is 0 Å². The number of benzene rings is 1. The van der Waals surface area contributed by atoms with Crippen molar-refractivity contribution in [3.63, 3.8) is 0 Å². The summed E-state index contributed by atoms with van der Waals surface area (Å²) in [7, 11) is -3.50. The Labute approximate surface area is 125 Å². The van der Waals surface area contributed by atoms with Crippen LogP contribution in [0.2, 0.25) is 5.02 Å². The fourth-order valence-electron chi connectivity index (χ4n) is 2.29. The van der Waals surface area contributed by atoms with Gasteiger partial charge in [-0.3, -0.25) is 0 Å². The second-order valence-corrected chi connectivity index (χ2v) is 7.16. The Morgan fingerprint density at radius 2 is 2.00 bits per heavy atom. The van der Waals surface area contributed by atoms with Crippen LogP contribution >= 0.6 is 11.6 Å². The predicted molar refractivity (Wildman–Crippen MR) is 81.3 cm³/mol. The van der Waals surface area contributed by atoms with E-state index in [0.29, 0.717) is 11.6 Å². The normalized spacial score (nSPS) is 16.6. The fourth-order valence-corrected chi connectivity index (χ4v) is 3.51. The van der Waals surface area contributed by atoms with Gasteiger partial charge in [-0.05, 0) is 57.1 Å². The Kier molecular flexibility index (Phi) is 5.26. The average molecular weight is 318 g/mol. The molecular weight excluding hydrogens is 298 g/mol. The topological polar surface area (TPSA) is 75.4 Å². The lowest BCUT2D eigenvalue weighted by Gasteiger charge is -2.14. The van der Waals surface area contributed by atoms with Crippen LogP contribution in [0.4, 0.5) is 5.69 Å². The van der Waals surface area contributed by atoms with Crippen LogP contribution in [-0.2, 0) is 10.0 Å². The maximum Gasteiger partial charge on any atom is 0.240 e. The molecule has 0 amide bonds. The highest BCUT2D eigenvalue weighted by molar-refractivity contribution is 7.89. The first-order valence-electron chi connectivity index (χ1n) is 6.76. The summed E-state index contributed by atoms with van der Waals surface area (Å²) < 4.78 is 26.7. The lowest BCUT2D eigenvalue weighted by Crippen LogP contribution is -2.28. The number of nitrogens with zero attached hydrogens (tertiary/aromatic N) is 1. The van der Waals surface area contributed by atoms with Gasteiger partial charge in [0.05, 0.1) is 15.6 Å². The summed E-state index contributed by atoms with van der Waals surface area (Å²) in [6.07, 6.45) is 3.30. The van der Waals surface area contributed by atoms with Crippen molar-refractivity contribution in [2.75, 3.05) is 31.9 Å². The van der Waals surface area contributed by atoms with Gasteiger partial charge in [-0.25, -0.2) is 13.1 Å². The van der Waals surface area contributed by atoms with Crippen molar-refractivity contribution < 1.29 is 8.42 Å². The van der Waals surface area contributed by atoms with E-state index < -0.39 is 10.0 Å². The van der Waals surface area contributed by atoms with Gasteiger partial charge >= 0.3 is 0 Å². The number of anilines is 1.